The van der Waals surface area contributed by atoms with Gasteiger partial charge in [0.25, 0.3) is 0 Å². The van der Waals surface area contributed by atoms with Crippen molar-refractivity contribution in [1.29, 1.82) is 5.26 Å². The summed E-state index contributed by atoms with van der Waals surface area (Å²) in [5.41, 5.74) is -0.505. The SMILES string of the molecule is CCNC(C)(C#N)CN(C)Cc1nccn1C. The highest BCUT2D eigenvalue weighted by Crippen LogP contribution is 2.07. The van der Waals surface area contributed by atoms with Gasteiger partial charge in [-0.1, -0.05) is 6.92 Å². The van der Waals surface area contributed by atoms with Crippen LogP contribution in [0.2, 0.25) is 0 Å². The molecule has 0 aliphatic heterocycles. The predicted molar refractivity (Wildman–Crippen MR) is 67.2 cm³/mol. The Bertz CT molecular complexity index is 392. The number of aryl methyl sites for hydroxylation is 1. The maximum absolute atomic E-state index is 9.19. The number of likely N-dealkylation sites (N-methyl/N-ethyl adjacent to an activating group) is 2. The molecule has 0 amide bonds. The van der Waals surface area contributed by atoms with E-state index in [4.69, 9.17) is 0 Å². The maximum atomic E-state index is 9.19. The van der Waals surface area contributed by atoms with Crippen molar-refractivity contribution in [3.63, 3.8) is 0 Å². The highest BCUT2D eigenvalue weighted by Gasteiger charge is 2.24. The second-order valence-electron chi connectivity index (χ2n) is 4.60. The number of hydrogen-bond acceptors (Lipinski definition) is 4. The lowest BCUT2D eigenvalue weighted by atomic mass is 10.0. The van der Waals surface area contributed by atoms with Crippen LogP contribution in [0.15, 0.2) is 12.4 Å². The van der Waals surface area contributed by atoms with Crippen molar-refractivity contribution in [2.45, 2.75) is 25.9 Å². The Kier molecular flexibility index (Phi) is 4.67. The summed E-state index contributed by atoms with van der Waals surface area (Å²) < 4.78 is 1.99. The third kappa shape index (κ3) is 3.84. The van der Waals surface area contributed by atoms with Gasteiger partial charge in [0.05, 0.1) is 12.6 Å². The molecule has 0 saturated heterocycles. The van der Waals surface area contributed by atoms with Crippen LogP contribution >= 0.6 is 0 Å². The first-order valence-electron chi connectivity index (χ1n) is 5.82. The topological polar surface area (TPSA) is 56.9 Å². The lowest BCUT2D eigenvalue weighted by molar-refractivity contribution is 0.249. The minimum Gasteiger partial charge on any atom is -0.337 e. The van der Waals surface area contributed by atoms with E-state index in [0.29, 0.717) is 6.54 Å². The average molecular weight is 235 g/mol. The fraction of sp³-hybridized carbons (Fsp3) is 0.667. The zero-order chi connectivity index (χ0) is 12.9. The van der Waals surface area contributed by atoms with E-state index in [1.54, 1.807) is 6.20 Å². The van der Waals surface area contributed by atoms with Gasteiger partial charge in [-0.3, -0.25) is 10.2 Å². The smallest absolute Gasteiger partial charge is 0.122 e. The van der Waals surface area contributed by atoms with Crippen LogP contribution < -0.4 is 5.32 Å². The minimum atomic E-state index is -0.505. The van der Waals surface area contributed by atoms with E-state index >= 15 is 0 Å². The summed E-state index contributed by atoms with van der Waals surface area (Å²) in [6.07, 6.45) is 3.72. The normalized spacial score (nSPS) is 14.6. The summed E-state index contributed by atoms with van der Waals surface area (Å²) in [5, 5.41) is 12.4. The van der Waals surface area contributed by atoms with Gasteiger partial charge in [0.2, 0.25) is 0 Å². The van der Waals surface area contributed by atoms with E-state index in [1.165, 1.54) is 0 Å². The Morgan fingerprint density at radius 1 is 1.65 bits per heavy atom. The predicted octanol–water partition coefficient (Wildman–Crippen LogP) is 0.744. The third-order valence-corrected chi connectivity index (χ3v) is 2.73. The standard InChI is InChI=1S/C12H21N5/c1-5-15-12(2,9-13)10-16(3)8-11-14-6-7-17(11)4/h6-7,15H,5,8,10H2,1-4H3. The molecular formula is C12H21N5. The molecule has 5 nitrogen and oxygen atoms in total. The minimum absolute atomic E-state index is 0.505. The first-order chi connectivity index (χ1) is 8.00. The highest BCUT2D eigenvalue weighted by molar-refractivity contribution is 5.05. The molecule has 0 fully saturated rings. The van der Waals surface area contributed by atoms with Gasteiger partial charge in [0.1, 0.15) is 11.4 Å². The van der Waals surface area contributed by atoms with Gasteiger partial charge in [-0.15, -0.1) is 0 Å². The van der Waals surface area contributed by atoms with Gasteiger partial charge in [-0.2, -0.15) is 5.26 Å². The molecule has 5 heteroatoms. The maximum Gasteiger partial charge on any atom is 0.122 e. The first-order valence-corrected chi connectivity index (χ1v) is 5.82. The second kappa shape index (κ2) is 5.80. The van der Waals surface area contributed by atoms with Gasteiger partial charge in [-0.05, 0) is 20.5 Å². The molecule has 1 N–H and O–H groups in total. The molecule has 17 heavy (non-hydrogen) atoms. The van der Waals surface area contributed by atoms with Crippen molar-refractivity contribution >= 4 is 0 Å². The second-order valence-corrected chi connectivity index (χ2v) is 4.60. The van der Waals surface area contributed by atoms with Gasteiger partial charge in [0.15, 0.2) is 0 Å². The van der Waals surface area contributed by atoms with Crippen LogP contribution in [0.4, 0.5) is 0 Å². The Morgan fingerprint density at radius 3 is 2.82 bits per heavy atom. The fourth-order valence-corrected chi connectivity index (χ4v) is 1.91. The van der Waals surface area contributed by atoms with Crippen LogP contribution in [0.25, 0.3) is 0 Å². The van der Waals surface area contributed by atoms with Crippen molar-refractivity contribution in [2.24, 2.45) is 7.05 Å². The van der Waals surface area contributed by atoms with Crippen LogP contribution in [0.1, 0.15) is 19.7 Å². The number of nitriles is 1. The molecule has 0 aliphatic rings. The molecule has 1 heterocycles. The molecule has 1 atom stereocenters. The molecule has 1 unspecified atom stereocenters. The van der Waals surface area contributed by atoms with Crippen LogP contribution in [-0.4, -0.2) is 40.1 Å². The van der Waals surface area contributed by atoms with E-state index in [1.807, 2.05) is 38.7 Å². The zero-order valence-electron chi connectivity index (χ0n) is 11.1. The average Bonchev–Trinajstić information content (AvgIpc) is 2.64. The van der Waals surface area contributed by atoms with Crippen molar-refractivity contribution in [1.82, 2.24) is 19.8 Å². The van der Waals surface area contributed by atoms with E-state index in [2.05, 4.69) is 21.3 Å². The number of imidazole rings is 1. The van der Waals surface area contributed by atoms with Crippen molar-refractivity contribution in [3.8, 4) is 6.07 Å². The molecule has 94 valence electrons. The van der Waals surface area contributed by atoms with Crippen LogP contribution in [0, 0.1) is 11.3 Å². The summed E-state index contributed by atoms with van der Waals surface area (Å²) >= 11 is 0. The molecule has 0 saturated carbocycles. The summed E-state index contributed by atoms with van der Waals surface area (Å²) in [6, 6.07) is 2.32. The van der Waals surface area contributed by atoms with E-state index in [9.17, 15) is 5.26 Å². The number of rotatable bonds is 6. The van der Waals surface area contributed by atoms with E-state index in [-0.39, 0.29) is 0 Å². The Hall–Kier alpha value is -1.38. The highest BCUT2D eigenvalue weighted by atomic mass is 15.2. The van der Waals surface area contributed by atoms with Gasteiger partial charge < -0.3 is 4.57 Å². The largest absolute Gasteiger partial charge is 0.337 e. The molecule has 0 bridgehead atoms. The Balaban J connectivity index is 2.57. The van der Waals surface area contributed by atoms with Crippen LogP contribution in [-0.2, 0) is 13.6 Å². The van der Waals surface area contributed by atoms with Gasteiger partial charge >= 0.3 is 0 Å². The molecule has 1 aromatic heterocycles. The molecule has 1 aromatic rings. The summed E-state index contributed by atoms with van der Waals surface area (Å²) in [7, 11) is 3.98. The molecule has 0 spiro atoms. The molecule has 1 rings (SSSR count). The fourth-order valence-electron chi connectivity index (χ4n) is 1.91. The Morgan fingerprint density at radius 2 is 2.35 bits per heavy atom. The van der Waals surface area contributed by atoms with Gasteiger partial charge in [0, 0.05) is 26.0 Å². The quantitative estimate of drug-likeness (QED) is 0.790. The van der Waals surface area contributed by atoms with E-state index < -0.39 is 5.54 Å². The van der Waals surface area contributed by atoms with E-state index in [0.717, 1.165) is 18.9 Å². The van der Waals surface area contributed by atoms with Crippen LogP contribution in [0.3, 0.4) is 0 Å². The number of aromatic nitrogens is 2. The van der Waals surface area contributed by atoms with Gasteiger partial charge in [-0.25, -0.2) is 4.98 Å². The molecule has 0 aromatic carbocycles. The lowest BCUT2D eigenvalue weighted by Crippen LogP contribution is -2.49. The number of nitrogens with zero attached hydrogens (tertiary/aromatic N) is 4. The Labute approximate surface area is 103 Å². The number of nitrogens with one attached hydrogen (secondary N) is 1. The first kappa shape index (κ1) is 13.7. The molecule has 0 aliphatic carbocycles. The van der Waals surface area contributed by atoms with Crippen molar-refractivity contribution < 1.29 is 0 Å². The van der Waals surface area contributed by atoms with Crippen LogP contribution in [0.5, 0.6) is 0 Å². The summed E-state index contributed by atoms with van der Waals surface area (Å²) in [6.45, 7) is 6.14. The monoisotopic (exact) mass is 235 g/mol. The lowest BCUT2D eigenvalue weighted by Gasteiger charge is -2.28. The summed E-state index contributed by atoms with van der Waals surface area (Å²) in [4.78, 5) is 6.38. The summed E-state index contributed by atoms with van der Waals surface area (Å²) in [5.74, 6) is 1.00. The van der Waals surface area contributed by atoms with Crippen molar-refractivity contribution in [2.75, 3.05) is 20.1 Å². The number of hydrogen-bond donors (Lipinski definition) is 1. The zero-order valence-corrected chi connectivity index (χ0v) is 11.1. The van der Waals surface area contributed by atoms with Crippen molar-refractivity contribution in [3.05, 3.63) is 18.2 Å². The third-order valence-electron chi connectivity index (χ3n) is 2.73. The molecular weight excluding hydrogens is 214 g/mol. The molecule has 0 radical (unpaired) electrons.